The van der Waals surface area contributed by atoms with Crippen LogP contribution in [0, 0.1) is 6.92 Å². The first-order valence-corrected chi connectivity index (χ1v) is 7.40. The summed E-state index contributed by atoms with van der Waals surface area (Å²) in [6.45, 7) is 2.63. The number of aromatic nitrogens is 1. The molecule has 0 bridgehead atoms. The number of rotatable bonds is 5. The molecule has 2 rings (SSSR count). The SMILES string of the molecule is Cc1ncsc1CCNC(=O)c1cccc(N(C)C)c1. The zero-order valence-electron chi connectivity index (χ0n) is 12.0. The number of carbonyl (C=O) groups is 1. The highest BCUT2D eigenvalue weighted by Gasteiger charge is 2.07. The molecule has 0 saturated carbocycles. The molecule has 20 heavy (non-hydrogen) atoms. The lowest BCUT2D eigenvalue weighted by Gasteiger charge is -2.13. The van der Waals surface area contributed by atoms with E-state index in [0.29, 0.717) is 12.1 Å². The number of benzene rings is 1. The van der Waals surface area contributed by atoms with Gasteiger partial charge in [-0.2, -0.15) is 0 Å². The van der Waals surface area contributed by atoms with Crippen LogP contribution in [0.5, 0.6) is 0 Å². The van der Waals surface area contributed by atoms with Crippen molar-refractivity contribution in [2.24, 2.45) is 0 Å². The molecule has 1 amide bonds. The number of hydrogen-bond donors (Lipinski definition) is 1. The van der Waals surface area contributed by atoms with Crippen LogP contribution in [0.15, 0.2) is 29.8 Å². The smallest absolute Gasteiger partial charge is 0.251 e. The average molecular weight is 289 g/mol. The Bertz CT molecular complexity index is 592. The van der Waals surface area contributed by atoms with Crippen molar-refractivity contribution in [3.8, 4) is 0 Å². The summed E-state index contributed by atoms with van der Waals surface area (Å²) >= 11 is 1.63. The molecule has 0 fully saturated rings. The van der Waals surface area contributed by atoms with Crippen LogP contribution in [-0.2, 0) is 6.42 Å². The highest BCUT2D eigenvalue weighted by molar-refractivity contribution is 7.09. The Morgan fingerprint density at radius 2 is 2.20 bits per heavy atom. The Hall–Kier alpha value is -1.88. The van der Waals surface area contributed by atoms with Crippen LogP contribution in [0.2, 0.25) is 0 Å². The first-order chi connectivity index (χ1) is 9.58. The van der Waals surface area contributed by atoms with Crippen molar-refractivity contribution in [1.82, 2.24) is 10.3 Å². The number of thiazole rings is 1. The topological polar surface area (TPSA) is 45.2 Å². The maximum atomic E-state index is 12.1. The third kappa shape index (κ3) is 3.57. The van der Waals surface area contributed by atoms with Gasteiger partial charge in [-0.1, -0.05) is 6.07 Å². The summed E-state index contributed by atoms with van der Waals surface area (Å²) in [5.74, 6) is -0.0316. The molecule has 0 radical (unpaired) electrons. The fraction of sp³-hybridized carbons (Fsp3) is 0.333. The molecule has 1 aromatic heterocycles. The van der Waals surface area contributed by atoms with E-state index in [1.54, 1.807) is 11.3 Å². The minimum atomic E-state index is -0.0316. The van der Waals surface area contributed by atoms with Gasteiger partial charge in [0, 0.05) is 43.2 Å². The second-order valence-electron chi connectivity index (χ2n) is 4.81. The molecule has 0 aliphatic heterocycles. The molecule has 0 spiro atoms. The minimum absolute atomic E-state index is 0.0316. The highest BCUT2D eigenvalue weighted by Crippen LogP contribution is 2.14. The number of hydrogen-bond acceptors (Lipinski definition) is 4. The second-order valence-corrected chi connectivity index (χ2v) is 5.75. The Balaban J connectivity index is 1.92. The Kier molecular flexibility index (Phi) is 4.74. The minimum Gasteiger partial charge on any atom is -0.378 e. The zero-order chi connectivity index (χ0) is 14.5. The monoisotopic (exact) mass is 289 g/mol. The van der Waals surface area contributed by atoms with Gasteiger partial charge in [-0.05, 0) is 25.1 Å². The van der Waals surface area contributed by atoms with Crippen LogP contribution in [-0.4, -0.2) is 31.5 Å². The van der Waals surface area contributed by atoms with E-state index in [-0.39, 0.29) is 5.91 Å². The van der Waals surface area contributed by atoms with Crippen molar-refractivity contribution in [1.29, 1.82) is 0 Å². The molecule has 0 saturated heterocycles. The molecule has 1 heterocycles. The second kappa shape index (κ2) is 6.52. The Morgan fingerprint density at radius 3 is 2.85 bits per heavy atom. The van der Waals surface area contributed by atoms with Crippen molar-refractivity contribution in [2.75, 3.05) is 25.5 Å². The number of nitrogens with zero attached hydrogens (tertiary/aromatic N) is 2. The van der Waals surface area contributed by atoms with Gasteiger partial charge in [0.05, 0.1) is 11.2 Å². The molecular formula is C15H19N3OS. The molecule has 2 aromatic rings. The lowest BCUT2D eigenvalue weighted by atomic mass is 10.2. The third-order valence-corrected chi connectivity index (χ3v) is 4.10. The summed E-state index contributed by atoms with van der Waals surface area (Å²) < 4.78 is 0. The van der Waals surface area contributed by atoms with E-state index in [1.165, 1.54) is 4.88 Å². The van der Waals surface area contributed by atoms with E-state index in [2.05, 4.69) is 10.3 Å². The maximum Gasteiger partial charge on any atom is 0.251 e. The van der Waals surface area contributed by atoms with E-state index in [4.69, 9.17) is 0 Å². The summed E-state index contributed by atoms with van der Waals surface area (Å²) in [4.78, 5) is 19.5. The van der Waals surface area contributed by atoms with Gasteiger partial charge < -0.3 is 10.2 Å². The number of amides is 1. The van der Waals surface area contributed by atoms with Crippen molar-refractivity contribution in [3.63, 3.8) is 0 Å². The van der Waals surface area contributed by atoms with Crippen LogP contribution in [0.3, 0.4) is 0 Å². The van der Waals surface area contributed by atoms with Crippen LogP contribution in [0.4, 0.5) is 5.69 Å². The quantitative estimate of drug-likeness (QED) is 0.920. The van der Waals surface area contributed by atoms with Crippen molar-refractivity contribution >= 4 is 22.9 Å². The molecule has 0 aliphatic carbocycles. The van der Waals surface area contributed by atoms with Gasteiger partial charge in [0.15, 0.2) is 0 Å². The van der Waals surface area contributed by atoms with Gasteiger partial charge in [0.2, 0.25) is 0 Å². The summed E-state index contributed by atoms with van der Waals surface area (Å²) in [5.41, 5.74) is 4.61. The van der Waals surface area contributed by atoms with E-state index in [1.807, 2.05) is 55.7 Å². The zero-order valence-corrected chi connectivity index (χ0v) is 12.8. The standard InChI is InChI=1S/C15H19N3OS/c1-11-14(20-10-17-11)7-8-16-15(19)12-5-4-6-13(9-12)18(2)3/h4-6,9-10H,7-8H2,1-3H3,(H,16,19). The molecule has 1 N–H and O–H groups in total. The van der Waals surface area contributed by atoms with Crippen LogP contribution in [0.25, 0.3) is 0 Å². The average Bonchev–Trinajstić information content (AvgIpc) is 2.84. The number of carbonyl (C=O) groups excluding carboxylic acids is 1. The molecule has 1 aromatic carbocycles. The van der Waals surface area contributed by atoms with E-state index in [9.17, 15) is 4.79 Å². The summed E-state index contributed by atoms with van der Waals surface area (Å²) in [6, 6.07) is 7.61. The predicted molar refractivity (Wildman–Crippen MR) is 83.7 cm³/mol. The molecule has 0 atom stereocenters. The molecule has 4 nitrogen and oxygen atoms in total. The van der Waals surface area contributed by atoms with Gasteiger partial charge in [-0.3, -0.25) is 4.79 Å². The Morgan fingerprint density at radius 1 is 1.40 bits per heavy atom. The summed E-state index contributed by atoms with van der Waals surface area (Å²) in [6.07, 6.45) is 0.829. The Labute approximate surface area is 123 Å². The van der Waals surface area contributed by atoms with Crippen molar-refractivity contribution in [2.45, 2.75) is 13.3 Å². The summed E-state index contributed by atoms with van der Waals surface area (Å²) in [5, 5.41) is 2.95. The van der Waals surface area contributed by atoms with Crippen molar-refractivity contribution in [3.05, 3.63) is 45.9 Å². The van der Waals surface area contributed by atoms with Gasteiger partial charge in [-0.15, -0.1) is 11.3 Å². The first kappa shape index (κ1) is 14.5. The first-order valence-electron chi connectivity index (χ1n) is 6.52. The molecule has 106 valence electrons. The van der Waals surface area contributed by atoms with Crippen LogP contribution >= 0.6 is 11.3 Å². The third-order valence-electron chi connectivity index (χ3n) is 3.11. The number of nitrogens with one attached hydrogen (secondary N) is 1. The molecule has 0 aliphatic rings. The lowest BCUT2D eigenvalue weighted by molar-refractivity contribution is 0.0954. The van der Waals surface area contributed by atoms with E-state index >= 15 is 0 Å². The van der Waals surface area contributed by atoms with Crippen LogP contribution < -0.4 is 10.2 Å². The van der Waals surface area contributed by atoms with Gasteiger partial charge >= 0.3 is 0 Å². The molecule has 5 heteroatoms. The lowest BCUT2D eigenvalue weighted by Crippen LogP contribution is -2.25. The highest BCUT2D eigenvalue weighted by atomic mass is 32.1. The van der Waals surface area contributed by atoms with E-state index in [0.717, 1.165) is 17.8 Å². The fourth-order valence-electron chi connectivity index (χ4n) is 1.88. The molecule has 0 unspecified atom stereocenters. The van der Waals surface area contributed by atoms with E-state index < -0.39 is 0 Å². The van der Waals surface area contributed by atoms with Gasteiger partial charge in [-0.25, -0.2) is 4.98 Å². The number of aryl methyl sites for hydroxylation is 1. The van der Waals surface area contributed by atoms with Crippen LogP contribution in [0.1, 0.15) is 20.9 Å². The maximum absolute atomic E-state index is 12.1. The number of anilines is 1. The van der Waals surface area contributed by atoms with Crippen molar-refractivity contribution < 1.29 is 4.79 Å². The molecular weight excluding hydrogens is 270 g/mol. The normalized spacial score (nSPS) is 10.3. The predicted octanol–water partition coefficient (Wildman–Crippen LogP) is 2.49. The van der Waals surface area contributed by atoms with Gasteiger partial charge in [0.25, 0.3) is 5.91 Å². The summed E-state index contributed by atoms with van der Waals surface area (Å²) in [7, 11) is 3.92. The largest absolute Gasteiger partial charge is 0.378 e. The van der Waals surface area contributed by atoms with Gasteiger partial charge in [0.1, 0.15) is 0 Å². The fourth-order valence-corrected chi connectivity index (χ4v) is 2.66.